The number of hydrogen-bond acceptors (Lipinski definition) is 5. The zero-order chi connectivity index (χ0) is 9.64. The molecule has 0 spiro atoms. The fourth-order valence-electron chi connectivity index (χ4n) is 1.55. The maximum Gasteiger partial charge on any atom is 0.186 e. The van der Waals surface area contributed by atoms with Crippen molar-refractivity contribution in [3.05, 3.63) is 0 Å². The SMILES string of the molecule is C1CCOC(C2CCCOOO2)OC1. The Balaban J connectivity index is 1.83. The van der Waals surface area contributed by atoms with Crippen molar-refractivity contribution in [3.8, 4) is 0 Å². The van der Waals surface area contributed by atoms with Gasteiger partial charge in [-0.3, -0.25) is 0 Å². The highest BCUT2D eigenvalue weighted by Crippen LogP contribution is 2.18. The third kappa shape index (κ3) is 2.90. The molecule has 0 aromatic rings. The zero-order valence-electron chi connectivity index (χ0n) is 8.15. The van der Waals surface area contributed by atoms with Crippen LogP contribution < -0.4 is 0 Å². The van der Waals surface area contributed by atoms with Gasteiger partial charge < -0.3 is 9.47 Å². The third-order valence-electron chi connectivity index (χ3n) is 2.33. The van der Waals surface area contributed by atoms with Crippen LogP contribution >= 0.6 is 0 Å². The molecule has 2 saturated heterocycles. The van der Waals surface area contributed by atoms with E-state index in [1.54, 1.807) is 0 Å². The summed E-state index contributed by atoms with van der Waals surface area (Å²) in [5.74, 6) is 0. The van der Waals surface area contributed by atoms with Gasteiger partial charge in [-0.15, -0.1) is 0 Å². The predicted molar refractivity (Wildman–Crippen MR) is 46.1 cm³/mol. The summed E-state index contributed by atoms with van der Waals surface area (Å²) >= 11 is 0. The molecular weight excluding hydrogens is 188 g/mol. The molecule has 0 amide bonds. The van der Waals surface area contributed by atoms with Crippen LogP contribution in [-0.4, -0.2) is 32.2 Å². The average molecular weight is 204 g/mol. The minimum atomic E-state index is -0.306. The fourth-order valence-corrected chi connectivity index (χ4v) is 1.55. The lowest BCUT2D eigenvalue weighted by Gasteiger charge is -2.22. The van der Waals surface area contributed by atoms with Crippen LogP contribution in [0, 0.1) is 0 Å². The first-order chi connectivity index (χ1) is 6.97. The first-order valence-electron chi connectivity index (χ1n) is 5.15. The Bertz CT molecular complexity index is 129. The van der Waals surface area contributed by atoms with Crippen molar-refractivity contribution < 1.29 is 24.3 Å². The van der Waals surface area contributed by atoms with Gasteiger partial charge >= 0.3 is 0 Å². The number of ether oxygens (including phenoxy) is 2. The summed E-state index contributed by atoms with van der Waals surface area (Å²) in [5, 5.41) is 4.54. The topological polar surface area (TPSA) is 46.2 Å². The molecule has 0 N–H and O–H groups in total. The van der Waals surface area contributed by atoms with Gasteiger partial charge in [-0.25, -0.2) is 4.89 Å². The first-order valence-corrected chi connectivity index (χ1v) is 5.15. The molecule has 1 atom stereocenters. The highest BCUT2D eigenvalue weighted by molar-refractivity contribution is 4.64. The Labute approximate surface area is 83.1 Å². The molecule has 0 saturated carbocycles. The summed E-state index contributed by atoms with van der Waals surface area (Å²) in [5.41, 5.74) is 0. The van der Waals surface area contributed by atoms with Gasteiger partial charge in [0, 0.05) is 13.2 Å². The molecule has 0 aromatic heterocycles. The van der Waals surface area contributed by atoms with E-state index in [-0.39, 0.29) is 12.4 Å². The zero-order valence-corrected chi connectivity index (χ0v) is 8.15. The highest BCUT2D eigenvalue weighted by atomic mass is 17.5. The monoisotopic (exact) mass is 204 g/mol. The molecule has 1 unspecified atom stereocenters. The van der Waals surface area contributed by atoms with Crippen molar-refractivity contribution in [2.24, 2.45) is 0 Å². The highest BCUT2D eigenvalue weighted by Gasteiger charge is 2.28. The van der Waals surface area contributed by atoms with Gasteiger partial charge in [0.15, 0.2) is 6.29 Å². The van der Waals surface area contributed by atoms with Gasteiger partial charge in [-0.1, -0.05) is 5.04 Å². The summed E-state index contributed by atoms with van der Waals surface area (Å²) in [6.07, 6.45) is 3.34. The minimum absolute atomic E-state index is 0.171. The molecule has 2 heterocycles. The van der Waals surface area contributed by atoms with Crippen LogP contribution in [0.5, 0.6) is 0 Å². The van der Waals surface area contributed by atoms with E-state index in [0.29, 0.717) is 6.61 Å². The standard InChI is InChI=1S/C9H16O5/c1-2-6-11-9(10-5-1)8-4-3-7-12-14-13-8/h8-9H,1-7H2. The van der Waals surface area contributed by atoms with Crippen LogP contribution in [0.2, 0.25) is 0 Å². The van der Waals surface area contributed by atoms with Gasteiger partial charge in [-0.05, 0) is 25.7 Å². The smallest absolute Gasteiger partial charge is 0.186 e. The van der Waals surface area contributed by atoms with Crippen molar-refractivity contribution in [1.82, 2.24) is 0 Å². The van der Waals surface area contributed by atoms with Gasteiger partial charge in [0.2, 0.25) is 0 Å². The molecule has 0 radical (unpaired) electrons. The van der Waals surface area contributed by atoms with Gasteiger partial charge in [0.05, 0.1) is 6.61 Å². The van der Waals surface area contributed by atoms with E-state index in [4.69, 9.17) is 19.2 Å². The molecule has 82 valence electrons. The summed E-state index contributed by atoms with van der Waals surface area (Å²) in [4.78, 5) is 9.74. The maximum atomic E-state index is 5.52. The van der Waals surface area contributed by atoms with Gasteiger partial charge in [0.1, 0.15) is 6.10 Å². The van der Waals surface area contributed by atoms with Crippen LogP contribution in [-0.2, 0) is 24.3 Å². The Kier molecular flexibility index (Phi) is 4.15. The van der Waals surface area contributed by atoms with E-state index < -0.39 is 0 Å². The fraction of sp³-hybridized carbons (Fsp3) is 1.00. The molecule has 0 aromatic carbocycles. The van der Waals surface area contributed by atoms with Crippen LogP contribution in [0.1, 0.15) is 25.7 Å². The second kappa shape index (κ2) is 5.63. The minimum Gasteiger partial charge on any atom is -0.350 e. The largest absolute Gasteiger partial charge is 0.350 e. The Hall–Kier alpha value is -0.200. The molecule has 2 fully saturated rings. The molecule has 5 nitrogen and oxygen atoms in total. The Morgan fingerprint density at radius 2 is 1.64 bits per heavy atom. The number of rotatable bonds is 1. The van der Waals surface area contributed by atoms with Crippen molar-refractivity contribution in [2.45, 2.75) is 38.1 Å². The van der Waals surface area contributed by atoms with Gasteiger partial charge in [0.25, 0.3) is 0 Å². The Morgan fingerprint density at radius 1 is 0.857 bits per heavy atom. The second-order valence-electron chi connectivity index (χ2n) is 3.48. The summed E-state index contributed by atoms with van der Waals surface area (Å²) in [6, 6.07) is 0. The lowest BCUT2D eigenvalue weighted by atomic mass is 10.2. The lowest BCUT2D eigenvalue weighted by Crippen LogP contribution is -2.33. The Morgan fingerprint density at radius 3 is 2.43 bits per heavy atom. The summed E-state index contributed by atoms with van der Waals surface area (Å²) in [7, 11) is 0. The second-order valence-corrected chi connectivity index (χ2v) is 3.48. The number of hydrogen-bond donors (Lipinski definition) is 0. The van der Waals surface area contributed by atoms with E-state index in [0.717, 1.165) is 38.9 Å². The van der Waals surface area contributed by atoms with Crippen LogP contribution in [0.15, 0.2) is 0 Å². The van der Waals surface area contributed by atoms with Crippen molar-refractivity contribution in [2.75, 3.05) is 19.8 Å². The van der Waals surface area contributed by atoms with Gasteiger partial charge in [-0.2, -0.15) is 4.89 Å². The quantitative estimate of drug-likeness (QED) is 0.600. The molecular formula is C9H16O5. The lowest BCUT2D eigenvalue weighted by molar-refractivity contribution is -0.527. The van der Waals surface area contributed by atoms with Crippen LogP contribution in [0.4, 0.5) is 0 Å². The van der Waals surface area contributed by atoms with Crippen LogP contribution in [0.3, 0.4) is 0 Å². The van der Waals surface area contributed by atoms with Crippen molar-refractivity contribution >= 4 is 0 Å². The normalized spacial score (nSPS) is 32.1. The molecule has 5 heteroatoms. The molecule has 2 aliphatic rings. The van der Waals surface area contributed by atoms with E-state index >= 15 is 0 Å². The van der Waals surface area contributed by atoms with E-state index in [1.165, 1.54) is 0 Å². The van der Waals surface area contributed by atoms with Crippen LogP contribution in [0.25, 0.3) is 0 Å². The molecule has 0 aliphatic carbocycles. The molecule has 2 aliphatic heterocycles. The van der Waals surface area contributed by atoms with E-state index in [2.05, 4.69) is 5.04 Å². The van der Waals surface area contributed by atoms with E-state index in [1.807, 2.05) is 0 Å². The van der Waals surface area contributed by atoms with E-state index in [9.17, 15) is 0 Å². The third-order valence-corrected chi connectivity index (χ3v) is 2.33. The maximum absolute atomic E-state index is 5.52. The summed E-state index contributed by atoms with van der Waals surface area (Å²) < 4.78 is 11.0. The molecule has 2 rings (SSSR count). The average Bonchev–Trinajstić information content (AvgIpc) is 2.62. The van der Waals surface area contributed by atoms with Crippen molar-refractivity contribution in [1.29, 1.82) is 0 Å². The molecule has 14 heavy (non-hydrogen) atoms. The summed E-state index contributed by atoms with van der Waals surface area (Å²) in [6.45, 7) is 2.01. The van der Waals surface area contributed by atoms with Crippen molar-refractivity contribution in [3.63, 3.8) is 0 Å². The molecule has 0 bridgehead atoms. The predicted octanol–water partition coefficient (Wildman–Crippen LogP) is 1.18. The first kappa shape index (κ1) is 10.3.